The van der Waals surface area contributed by atoms with Crippen LogP contribution in [0.1, 0.15) is 45.6 Å². The van der Waals surface area contributed by atoms with Gasteiger partial charge in [0.2, 0.25) is 15.9 Å². The largest absolute Gasteiger partial charge is 0.496 e. The fourth-order valence-corrected chi connectivity index (χ4v) is 2.91. The maximum absolute atomic E-state index is 12.8. The number of nitrogens with one attached hydrogen (secondary N) is 2. The molecule has 0 saturated heterocycles. The molecule has 0 atom stereocenters. The van der Waals surface area contributed by atoms with Gasteiger partial charge in [-0.25, -0.2) is 13.1 Å². The number of amides is 1. The molecule has 6 nitrogen and oxygen atoms in total. The number of unbranched alkanes of at least 4 members (excludes halogenated alkanes) is 1. The first-order valence-corrected chi connectivity index (χ1v) is 9.80. The first kappa shape index (κ1) is 23.2. The second-order valence-corrected chi connectivity index (χ2v) is 9.45. The van der Waals surface area contributed by atoms with Gasteiger partial charge in [-0.3, -0.25) is 4.79 Å². The average Bonchev–Trinajstić information content (AvgIpc) is 2.52. The predicted molar refractivity (Wildman–Crippen MR) is 97.2 cm³/mol. The van der Waals surface area contributed by atoms with Crippen LogP contribution in [-0.2, 0) is 21.0 Å². The first-order chi connectivity index (χ1) is 12.3. The predicted octanol–water partition coefficient (Wildman–Crippen LogP) is 3.54. The van der Waals surface area contributed by atoms with E-state index in [2.05, 4.69) is 10.0 Å². The number of sulfonamides is 1. The summed E-state index contributed by atoms with van der Waals surface area (Å²) in [5, 5.41) is 2.50. The summed E-state index contributed by atoms with van der Waals surface area (Å²) in [6.07, 6.45) is -3.55. The van der Waals surface area contributed by atoms with Crippen molar-refractivity contribution in [3.05, 3.63) is 23.8 Å². The number of carbonyl (C=O) groups is 1. The number of halogens is 3. The highest BCUT2D eigenvalue weighted by atomic mass is 32.2. The molecule has 154 valence electrons. The number of benzene rings is 1. The third-order valence-electron chi connectivity index (χ3n) is 3.72. The molecule has 0 unspecified atom stereocenters. The third kappa shape index (κ3) is 7.02. The van der Waals surface area contributed by atoms with Crippen LogP contribution in [0.2, 0.25) is 0 Å². The molecule has 1 amide bonds. The molecular weight excluding hydrogens is 385 g/mol. The molecule has 0 aliphatic carbocycles. The van der Waals surface area contributed by atoms with Gasteiger partial charge < -0.3 is 10.1 Å². The minimum atomic E-state index is -4.55. The van der Waals surface area contributed by atoms with E-state index in [1.54, 1.807) is 20.8 Å². The quantitative estimate of drug-likeness (QED) is 0.642. The van der Waals surface area contributed by atoms with Gasteiger partial charge in [-0.2, -0.15) is 13.2 Å². The Morgan fingerprint density at radius 2 is 1.78 bits per heavy atom. The van der Waals surface area contributed by atoms with Crippen LogP contribution in [0.5, 0.6) is 5.75 Å². The Kier molecular flexibility index (Phi) is 7.67. The van der Waals surface area contributed by atoms with E-state index in [1.165, 1.54) is 0 Å². The summed E-state index contributed by atoms with van der Waals surface area (Å²) >= 11 is 0. The lowest BCUT2D eigenvalue weighted by atomic mass is 10.1. The molecule has 0 spiro atoms. The lowest BCUT2D eigenvalue weighted by Gasteiger charge is -2.19. The van der Waals surface area contributed by atoms with Crippen LogP contribution < -0.4 is 14.8 Å². The second-order valence-electron chi connectivity index (χ2n) is 6.93. The minimum Gasteiger partial charge on any atom is -0.496 e. The van der Waals surface area contributed by atoms with Gasteiger partial charge in [0.15, 0.2) is 0 Å². The zero-order chi connectivity index (χ0) is 20.9. The molecule has 0 radical (unpaired) electrons. The maximum Gasteiger partial charge on any atom is 0.419 e. The van der Waals surface area contributed by atoms with Crippen LogP contribution in [0.4, 0.5) is 18.9 Å². The fraction of sp³-hybridized carbons (Fsp3) is 0.588. The fourth-order valence-electron chi connectivity index (χ4n) is 2.06. The molecule has 0 bridgehead atoms. The standard InChI is InChI=1S/C17H25F3N2O4S/c1-16(2,3)27(24,25)21-10-6-5-7-15(23)22-12-8-9-13(17(18,19)20)14(11-12)26-4/h8-9,11,21H,5-7,10H2,1-4H3,(H,22,23). The molecule has 27 heavy (non-hydrogen) atoms. The summed E-state index contributed by atoms with van der Waals surface area (Å²) in [7, 11) is -2.31. The Balaban J connectivity index is 2.50. The first-order valence-electron chi connectivity index (χ1n) is 8.32. The molecule has 1 aromatic carbocycles. The van der Waals surface area contributed by atoms with E-state index in [4.69, 9.17) is 4.74 Å². The highest BCUT2D eigenvalue weighted by Crippen LogP contribution is 2.37. The molecule has 10 heteroatoms. The summed E-state index contributed by atoms with van der Waals surface area (Å²) in [6, 6.07) is 3.11. The van der Waals surface area contributed by atoms with Crippen molar-refractivity contribution in [1.29, 1.82) is 0 Å². The topological polar surface area (TPSA) is 84.5 Å². The monoisotopic (exact) mass is 410 g/mol. The van der Waals surface area contributed by atoms with E-state index in [-0.39, 0.29) is 30.3 Å². The van der Waals surface area contributed by atoms with Crippen molar-refractivity contribution in [2.24, 2.45) is 0 Å². The number of hydrogen-bond acceptors (Lipinski definition) is 4. The molecule has 0 aromatic heterocycles. The number of alkyl halides is 3. The van der Waals surface area contributed by atoms with Crippen LogP contribution in [-0.4, -0.2) is 32.7 Å². The number of rotatable bonds is 8. The molecule has 0 aliphatic heterocycles. The van der Waals surface area contributed by atoms with Crippen molar-refractivity contribution < 1.29 is 31.1 Å². The summed E-state index contributed by atoms with van der Waals surface area (Å²) in [5.41, 5.74) is -0.729. The van der Waals surface area contributed by atoms with Gasteiger partial charge in [0.1, 0.15) is 5.75 Å². The summed E-state index contributed by atoms with van der Waals surface area (Å²) in [5.74, 6) is -0.757. The molecule has 2 N–H and O–H groups in total. The van der Waals surface area contributed by atoms with Crippen molar-refractivity contribution in [1.82, 2.24) is 4.72 Å². The smallest absolute Gasteiger partial charge is 0.419 e. The Labute approximate surface area is 157 Å². The molecule has 0 saturated carbocycles. The zero-order valence-electron chi connectivity index (χ0n) is 15.7. The van der Waals surface area contributed by atoms with Crippen molar-refractivity contribution in [3.63, 3.8) is 0 Å². The number of ether oxygens (including phenoxy) is 1. The van der Waals surface area contributed by atoms with Crippen molar-refractivity contribution in [2.45, 2.75) is 51.0 Å². The van der Waals surface area contributed by atoms with E-state index in [0.29, 0.717) is 12.8 Å². The van der Waals surface area contributed by atoms with Gasteiger partial charge in [0.05, 0.1) is 17.4 Å². The summed E-state index contributed by atoms with van der Waals surface area (Å²) in [4.78, 5) is 11.9. The second kappa shape index (κ2) is 8.92. The highest BCUT2D eigenvalue weighted by molar-refractivity contribution is 7.90. The third-order valence-corrected chi connectivity index (χ3v) is 5.92. The molecule has 1 aromatic rings. The molecule has 1 rings (SSSR count). The Morgan fingerprint density at radius 1 is 1.15 bits per heavy atom. The van der Waals surface area contributed by atoms with E-state index in [1.807, 2.05) is 0 Å². The van der Waals surface area contributed by atoms with E-state index < -0.39 is 26.5 Å². The van der Waals surface area contributed by atoms with Crippen molar-refractivity contribution in [3.8, 4) is 5.75 Å². The van der Waals surface area contributed by atoms with Gasteiger partial charge in [0.25, 0.3) is 0 Å². The van der Waals surface area contributed by atoms with Crippen LogP contribution in [0.3, 0.4) is 0 Å². The lowest BCUT2D eigenvalue weighted by molar-refractivity contribution is -0.138. The maximum atomic E-state index is 12.8. The van der Waals surface area contributed by atoms with E-state index in [9.17, 15) is 26.4 Å². The summed E-state index contributed by atoms with van der Waals surface area (Å²) in [6.45, 7) is 4.96. The Hall–Kier alpha value is -1.81. The van der Waals surface area contributed by atoms with Crippen LogP contribution >= 0.6 is 0 Å². The highest BCUT2D eigenvalue weighted by Gasteiger charge is 2.34. The number of carbonyl (C=O) groups excluding carboxylic acids is 1. The van der Waals surface area contributed by atoms with E-state index in [0.717, 1.165) is 25.3 Å². The molecule has 0 aliphatic rings. The minimum absolute atomic E-state index is 0.112. The van der Waals surface area contributed by atoms with Crippen molar-refractivity contribution >= 4 is 21.6 Å². The molecule has 0 fully saturated rings. The van der Waals surface area contributed by atoms with Gasteiger partial charge in [-0.05, 0) is 45.7 Å². The number of methoxy groups -OCH3 is 1. The molecule has 0 heterocycles. The van der Waals surface area contributed by atoms with Crippen LogP contribution in [0.15, 0.2) is 18.2 Å². The van der Waals surface area contributed by atoms with Gasteiger partial charge in [0, 0.05) is 24.7 Å². The molecular formula is C17H25F3N2O4S. The van der Waals surface area contributed by atoms with Gasteiger partial charge in [-0.1, -0.05) is 0 Å². The van der Waals surface area contributed by atoms with Gasteiger partial charge >= 0.3 is 6.18 Å². The zero-order valence-corrected chi connectivity index (χ0v) is 16.6. The average molecular weight is 410 g/mol. The lowest BCUT2D eigenvalue weighted by Crippen LogP contribution is -2.39. The van der Waals surface area contributed by atoms with Crippen LogP contribution in [0, 0.1) is 0 Å². The number of hydrogen-bond donors (Lipinski definition) is 2. The summed E-state index contributed by atoms with van der Waals surface area (Å²) < 4.78 is 68.5. The normalized spacial score (nSPS) is 12.7. The SMILES string of the molecule is COc1cc(NC(=O)CCCCNS(=O)(=O)C(C)(C)C)ccc1C(F)(F)F. The Morgan fingerprint density at radius 3 is 2.30 bits per heavy atom. The van der Waals surface area contributed by atoms with E-state index >= 15 is 0 Å². The number of anilines is 1. The van der Waals surface area contributed by atoms with Gasteiger partial charge in [-0.15, -0.1) is 0 Å². The van der Waals surface area contributed by atoms with Crippen LogP contribution in [0.25, 0.3) is 0 Å². The Bertz CT molecular complexity index is 756. The van der Waals surface area contributed by atoms with Crippen molar-refractivity contribution in [2.75, 3.05) is 19.0 Å².